The molecular weight excluding hydrogens is 190 g/mol. The highest BCUT2D eigenvalue weighted by atomic mass is 32.1. The fourth-order valence-corrected chi connectivity index (χ4v) is 1.52. The van der Waals surface area contributed by atoms with Crippen molar-refractivity contribution in [3.05, 3.63) is 11.6 Å². The van der Waals surface area contributed by atoms with Crippen LogP contribution in [0.1, 0.15) is 0 Å². The Balaban J connectivity index is 2.72. The molecule has 0 aliphatic carbocycles. The third kappa shape index (κ3) is 1.92. The molecule has 12 heavy (non-hydrogen) atoms. The van der Waals surface area contributed by atoms with Gasteiger partial charge in [0.1, 0.15) is 0 Å². The summed E-state index contributed by atoms with van der Waals surface area (Å²) >= 11 is 6.74. The average Bonchev–Trinajstić information content (AvgIpc) is 2.53. The molecule has 0 aromatic carbocycles. The molecule has 0 fully saturated rings. The highest BCUT2D eigenvalue weighted by Crippen LogP contribution is 2.16. The van der Waals surface area contributed by atoms with Gasteiger partial charge >= 0.3 is 0 Å². The molecule has 1 rings (SSSR count). The molecule has 0 amide bonds. The average molecular weight is 201 g/mol. The monoisotopic (exact) mass is 201 g/mol. The Hall–Kier alpha value is -0.680. The van der Waals surface area contributed by atoms with Gasteiger partial charge in [0.05, 0.1) is 0 Å². The summed E-state index contributed by atoms with van der Waals surface area (Å²) in [4.78, 5) is 7.92. The van der Waals surface area contributed by atoms with Crippen molar-refractivity contribution in [2.24, 2.45) is 0 Å². The zero-order chi connectivity index (χ0) is 9.14. The minimum Gasteiger partial charge on any atom is -0.355 e. The molecule has 3 nitrogen and oxygen atoms in total. The quantitative estimate of drug-likeness (QED) is 0.640. The van der Waals surface area contributed by atoms with Gasteiger partial charge in [-0.1, -0.05) is 0 Å². The van der Waals surface area contributed by atoms with E-state index in [1.54, 1.807) is 17.5 Å². The van der Waals surface area contributed by atoms with Crippen LogP contribution < -0.4 is 4.90 Å². The lowest BCUT2D eigenvalue weighted by atomic mass is 10.7. The predicted octanol–water partition coefficient (Wildman–Crippen LogP) is 1.43. The summed E-state index contributed by atoms with van der Waals surface area (Å²) in [5.74, 6) is 0. The molecule has 0 saturated heterocycles. The van der Waals surface area contributed by atoms with Crippen LogP contribution in [0.3, 0.4) is 0 Å². The highest BCUT2D eigenvalue weighted by Gasteiger charge is 2.09. The second kappa shape index (κ2) is 3.82. The van der Waals surface area contributed by atoms with Crippen molar-refractivity contribution in [3.63, 3.8) is 0 Å². The van der Waals surface area contributed by atoms with Gasteiger partial charge in [0, 0.05) is 32.7 Å². The largest absolute Gasteiger partial charge is 0.355 e. The van der Waals surface area contributed by atoms with Crippen LogP contribution >= 0.6 is 23.6 Å². The Morgan fingerprint density at radius 2 is 2.17 bits per heavy atom. The van der Waals surface area contributed by atoms with Crippen LogP contribution in [-0.4, -0.2) is 36.1 Å². The summed E-state index contributed by atoms with van der Waals surface area (Å²) in [5, 5.41) is 3.63. The van der Waals surface area contributed by atoms with E-state index in [4.69, 9.17) is 12.2 Å². The van der Waals surface area contributed by atoms with Crippen LogP contribution in [-0.2, 0) is 0 Å². The molecule has 0 spiro atoms. The molecule has 66 valence electrons. The summed E-state index contributed by atoms with van der Waals surface area (Å²) in [6.45, 7) is 0. The van der Waals surface area contributed by atoms with Gasteiger partial charge in [0.25, 0.3) is 0 Å². The standard InChI is InChI=1S/C7H11N3S2/c1-9(2)7(11)10(3)6-8-4-5-12-6/h4-5H,1-3H3. The van der Waals surface area contributed by atoms with E-state index in [0.717, 1.165) is 10.2 Å². The maximum absolute atomic E-state index is 5.17. The first-order chi connectivity index (χ1) is 5.63. The minimum atomic E-state index is 0.768. The van der Waals surface area contributed by atoms with Crippen molar-refractivity contribution in [1.29, 1.82) is 0 Å². The van der Waals surface area contributed by atoms with Crippen LogP contribution in [0, 0.1) is 0 Å². The van der Waals surface area contributed by atoms with E-state index in [2.05, 4.69) is 4.98 Å². The van der Waals surface area contributed by atoms with E-state index in [1.807, 2.05) is 36.3 Å². The Morgan fingerprint density at radius 3 is 2.58 bits per heavy atom. The molecule has 0 atom stereocenters. The van der Waals surface area contributed by atoms with E-state index >= 15 is 0 Å². The predicted molar refractivity (Wildman–Crippen MR) is 56.8 cm³/mol. The molecule has 0 unspecified atom stereocenters. The van der Waals surface area contributed by atoms with E-state index in [0.29, 0.717) is 0 Å². The number of anilines is 1. The third-order valence-corrected chi connectivity index (χ3v) is 2.86. The maximum Gasteiger partial charge on any atom is 0.191 e. The highest BCUT2D eigenvalue weighted by molar-refractivity contribution is 7.80. The normalized spacial score (nSPS) is 9.58. The molecule has 0 bridgehead atoms. The number of thiazole rings is 1. The maximum atomic E-state index is 5.17. The molecule has 1 heterocycles. The Morgan fingerprint density at radius 1 is 1.50 bits per heavy atom. The second-order valence-electron chi connectivity index (χ2n) is 2.55. The van der Waals surface area contributed by atoms with Gasteiger partial charge < -0.3 is 4.90 Å². The molecule has 0 aliphatic rings. The lowest BCUT2D eigenvalue weighted by Gasteiger charge is -2.22. The van der Waals surface area contributed by atoms with Gasteiger partial charge in [0.15, 0.2) is 10.2 Å². The number of nitrogens with zero attached hydrogens (tertiary/aromatic N) is 3. The van der Waals surface area contributed by atoms with Crippen molar-refractivity contribution < 1.29 is 0 Å². The van der Waals surface area contributed by atoms with E-state index in [1.165, 1.54) is 0 Å². The molecule has 0 N–H and O–H groups in total. The molecule has 1 aromatic heterocycles. The zero-order valence-electron chi connectivity index (χ0n) is 7.31. The fourth-order valence-electron chi connectivity index (χ4n) is 0.763. The molecule has 0 aliphatic heterocycles. The number of hydrogen-bond donors (Lipinski definition) is 0. The van der Waals surface area contributed by atoms with Gasteiger partial charge in [-0.15, -0.1) is 11.3 Å². The number of hydrogen-bond acceptors (Lipinski definition) is 3. The lowest BCUT2D eigenvalue weighted by Crippen LogP contribution is -2.35. The smallest absolute Gasteiger partial charge is 0.191 e. The molecular formula is C7H11N3S2. The first-order valence-electron chi connectivity index (χ1n) is 3.47. The lowest BCUT2D eigenvalue weighted by molar-refractivity contribution is 0.622. The van der Waals surface area contributed by atoms with Crippen LogP contribution in [0.4, 0.5) is 5.13 Å². The number of rotatable bonds is 1. The summed E-state index contributed by atoms with van der Waals surface area (Å²) in [6.07, 6.45) is 1.77. The van der Waals surface area contributed by atoms with Gasteiger partial charge in [-0.3, -0.25) is 4.90 Å². The Kier molecular flexibility index (Phi) is 2.99. The van der Waals surface area contributed by atoms with Crippen molar-refractivity contribution >= 4 is 33.8 Å². The second-order valence-corrected chi connectivity index (χ2v) is 3.79. The van der Waals surface area contributed by atoms with E-state index in [-0.39, 0.29) is 0 Å². The third-order valence-electron chi connectivity index (χ3n) is 1.38. The number of thiocarbonyl (C=S) groups is 1. The van der Waals surface area contributed by atoms with E-state index in [9.17, 15) is 0 Å². The van der Waals surface area contributed by atoms with Gasteiger partial charge in [-0.25, -0.2) is 4.98 Å². The first kappa shape index (κ1) is 9.41. The van der Waals surface area contributed by atoms with Crippen molar-refractivity contribution in [2.75, 3.05) is 26.0 Å². The molecule has 5 heteroatoms. The Bertz CT molecular complexity index is 256. The first-order valence-corrected chi connectivity index (χ1v) is 4.76. The van der Waals surface area contributed by atoms with Gasteiger partial charge in [-0.2, -0.15) is 0 Å². The van der Waals surface area contributed by atoms with Crippen molar-refractivity contribution in [2.45, 2.75) is 0 Å². The fraction of sp³-hybridized carbons (Fsp3) is 0.429. The van der Waals surface area contributed by atoms with Crippen molar-refractivity contribution in [1.82, 2.24) is 9.88 Å². The van der Waals surface area contributed by atoms with Gasteiger partial charge in [-0.05, 0) is 12.2 Å². The SMILES string of the molecule is CN(C)C(=S)N(C)c1nccs1. The topological polar surface area (TPSA) is 19.4 Å². The molecule has 0 radical (unpaired) electrons. The molecule has 1 aromatic rings. The van der Waals surface area contributed by atoms with Crippen molar-refractivity contribution in [3.8, 4) is 0 Å². The summed E-state index contributed by atoms with van der Waals surface area (Å²) in [5.41, 5.74) is 0. The van der Waals surface area contributed by atoms with Crippen LogP contribution in [0.5, 0.6) is 0 Å². The summed E-state index contributed by atoms with van der Waals surface area (Å²) in [7, 11) is 5.76. The zero-order valence-corrected chi connectivity index (χ0v) is 8.95. The van der Waals surface area contributed by atoms with E-state index < -0.39 is 0 Å². The summed E-state index contributed by atoms with van der Waals surface area (Å²) < 4.78 is 0. The van der Waals surface area contributed by atoms with Gasteiger partial charge in [0.2, 0.25) is 0 Å². The Labute approximate surface area is 81.6 Å². The minimum absolute atomic E-state index is 0.768. The molecule has 0 saturated carbocycles. The van der Waals surface area contributed by atoms with Crippen LogP contribution in [0.25, 0.3) is 0 Å². The van der Waals surface area contributed by atoms with Crippen LogP contribution in [0.15, 0.2) is 11.6 Å². The van der Waals surface area contributed by atoms with Crippen LogP contribution in [0.2, 0.25) is 0 Å². The summed E-state index contributed by atoms with van der Waals surface area (Å²) in [6, 6.07) is 0. The number of aromatic nitrogens is 1.